The number of aliphatic imine (C=N–C) groups is 1. The van der Waals surface area contributed by atoms with Crippen LogP contribution < -0.4 is 5.73 Å². The first kappa shape index (κ1) is 13.1. The van der Waals surface area contributed by atoms with Crippen LogP contribution in [0.15, 0.2) is 4.99 Å². The standard InChI is InChI=1S/C7H15N3.ClH/c1-2-3-4-5-6-10-7(8)9;/h6H,2-5H2,1H3,(H3,8,9);1H. The summed E-state index contributed by atoms with van der Waals surface area (Å²) in [4.78, 5) is 3.63. The van der Waals surface area contributed by atoms with Crippen molar-refractivity contribution in [1.82, 2.24) is 0 Å². The summed E-state index contributed by atoms with van der Waals surface area (Å²) in [6, 6.07) is 0. The van der Waals surface area contributed by atoms with E-state index in [-0.39, 0.29) is 18.4 Å². The molecule has 3 nitrogen and oxygen atoms in total. The number of unbranched alkanes of at least 4 members (excludes halogenated alkanes) is 3. The molecule has 3 N–H and O–H groups in total. The molecule has 0 fully saturated rings. The highest BCUT2D eigenvalue weighted by Gasteiger charge is 1.82. The maximum Gasteiger partial charge on any atom is 0.212 e. The quantitative estimate of drug-likeness (QED) is 0.385. The van der Waals surface area contributed by atoms with E-state index in [0.29, 0.717) is 0 Å². The molecule has 66 valence electrons. The third-order valence-electron chi connectivity index (χ3n) is 1.17. The van der Waals surface area contributed by atoms with Gasteiger partial charge in [-0.3, -0.25) is 5.41 Å². The van der Waals surface area contributed by atoms with Gasteiger partial charge in [0.25, 0.3) is 0 Å². The summed E-state index contributed by atoms with van der Waals surface area (Å²) in [5.41, 5.74) is 4.99. The number of rotatable bonds is 4. The van der Waals surface area contributed by atoms with Gasteiger partial charge in [-0.1, -0.05) is 19.8 Å². The number of hydrogen-bond donors (Lipinski definition) is 2. The lowest BCUT2D eigenvalue weighted by molar-refractivity contribution is 0.746. The minimum atomic E-state index is -0.100. The minimum Gasteiger partial charge on any atom is -0.368 e. The molecule has 0 atom stereocenters. The van der Waals surface area contributed by atoms with E-state index in [1.165, 1.54) is 12.8 Å². The Morgan fingerprint density at radius 3 is 2.64 bits per heavy atom. The van der Waals surface area contributed by atoms with Crippen molar-refractivity contribution in [2.75, 3.05) is 0 Å². The summed E-state index contributed by atoms with van der Waals surface area (Å²) in [7, 11) is 0. The first-order valence-corrected chi connectivity index (χ1v) is 3.64. The number of hydrogen-bond acceptors (Lipinski definition) is 1. The number of halogens is 1. The Hall–Kier alpha value is -0.570. The van der Waals surface area contributed by atoms with Gasteiger partial charge in [-0.25, -0.2) is 4.99 Å². The second-order valence-corrected chi connectivity index (χ2v) is 2.19. The van der Waals surface area contributed by atoms with Crippen molar-refractivity contribution in [3.63, 3.8) is 0 Å². The van der Waals surface area contributed by atoms with Crippen LogP contribution in [0.4, 0.5) is 0 Å². The lowest BCUT2D eigenvalue weighted by Gasteiger charge is -1.90. The van der Waals surface area contributed by atoms with E-state index < -0.39 is 0 Å². The Kier molecular flexibility index (Phi) is 11.2. The molecule has 0 aromatic carbocycles. The van der Waals surface area contributed by atoms with Crippen LogP contribution in [0.5, 0.6) is 0 Å². The molecule has 0 bridgehead atoms. The van der Waals surface area contributed by atoms with Crippen molar-refractivity contribution in [3.05, 3.63) is 0 Å². The highest BCUT2D eigenvalue weighted by atomic mass is 35.5. The summed E-state index contributed by atoms with van der Waals surface area (Å²) < 4.78 is 0. The first-order valence-electron chi connectivity index (χ1n) is 3.64. The Bertz CT molecular complexity index is 123. The van der Waals surface area contributed by atoms with Crippen molar-refractivity contribution in [3.8, 4) is 0 Å². The Balaban J connectivity index is 0. The van der Waals surface area contributed by atoms with E-state index in [1.54, 1.807) is 6.21 Å². The fraction of sp³-hybridized carbons (Fsp3) is 0.714. The summed E-state index contributed by atoms with van der Waals surface area (Å²) in [6.45, 7) is 2.15. The molecule has 0 heterocycles. The van der Waals surface area contributed by atoms with Gasteiger partial charge >= 0.3 is 0 Å². The van der Waals surface area contributed by atoms with Gasteiger partial charge in [0.2, 0.25) is 5.96 Å². The zero-order valence-electron chi connectivity index (χ0n) is 6.84. The molecule has 0 saturated heterocycles. The van der Waals surface area contributed by atoms with E-state index in [4.69, 9.17) is 11.1 Å². The third kappa shape index (κ3) is 12.6. The molecule has 0 saturated carbocycles. The summed E-state index contributed by atoms with van der Waals surface area (Å²) in [5.74, 6) is -0.100. The van der Waals surface area contributed by atoms with Gasteiger partial charge in [0.15, 0.2) is 0 Å². The van der Waals surface area contributed by atoms with E-state index in [9.17, 15) is 0 Å². The summed E-state index contributed by atoms with van der Waals surface area (Å²) in [6.07, 6.45) is 6.23. The molecule has 0 aromatic heterocycles. The van der Waals surface area contributed by atoms with E-state index in [2.05, 4.69) is 11.9 Å². The Morgan fingerprint density at radius 2 is 2.18 bits per heavy atom. The normalized spacial score (nSPS) is 9.55. The monoisotopic (exact) mass is 177 g/mol. The fourth-order valence-electron chi connectivity index (χ4n) is 0.649. The zero-order chi connectivity index (χ0) is 7.82. The van der Waals surface area contributed by atoms with Gasteiger partial charge in [0, 0.05) is 6.21 Å². The van der Waals surface area contributed by atoms with Crippen LogP contribution in [0.1, 0.15) is 32.6 Å². The lowest BCUT2D eigenvalue weighted by atomic mass is 10.2. The van der Waals surface area contributed by atoms with Crippen molar-refractivity contribution >= 4 is 24.6 Å². The molecule has 0 radical (unpaired) electrons. The van der Waals surface area contributed by atoms with Crippen molar-refractivity contribution in [1.29, 1.82) is 5.41 Å². The van der Waals surface area contributed by atoms with Gasteiger partial charge in [0.1, 0.15) is 0 Å². The number of guanidine groups is 1. The van der Waals surface area contributed by atoms with Crippen LogP contribution in [-0.2, 0) is 0 Å². The average molecular weight is 178 g/mol. The van der Waals surface area contributed by atoms with Crippen LogP contribution in [0.2, 0.25) is 0 Å². The number of nitrogens with two attached hydrogens (primary N) is 1. The molecule has 0 unspecified atom stereocenters. The topological polar surface area (TPSA) is 62.2 Å². The van der Waals surface area contributed by atoms with Gasteiger partial charge < -0.3 is 5.73 Å². The molecule has 0 amide bonds. The summed E-state index contributed by atoms with van der Waals surface area (Å²) >= 11 is 0. The largest absolute Gasteiger partial charge is 0.368 e. The van der Waals surface area contributed by atoms with Gasteiger partial charge in [-0.2, -0.15) is 0 Å². The SMILES string of the molecule is CCCCCC=NC(=N)N.Cl. The molecule has 0 aliphatic rings. The predicted octanol–water partition coefficient (Wildman–Crippen LogP) is 1.95. The van der Waals surface area contributed by atoms with Crippen LogP contribution in [-0.4, -0.2) is 12.2 Å². The predicted molar refractivity (Wildman–Crippen MR) is 51.8 cm³/mol. The average Bonchev–Trinajstić information content (AvgIpc) is 1.87. The highest BCUT2D eigenvalue weighted by molar-refractivity contribution is 5.85. The number of nitrogens with zero attached hydrogens (tertiary/aromatic N) is 1. The molecular formula is C7H16ClN3. The van der Waals surface area contributed by atoms with E-state index in [0.717, 1.165) is 12.8 Å². The molecule has 0 aliphatic carbocycles. The van der Waals surface area contributed by atoms with Crippen molar-refractivity contribution in [2.45, 2.75) is 32.6 Å². The molecule has 0 aliphatic heterocycles. The molecule has 0 spiro atoms. The number of nitrogens with one attached hydrogen (secondary N) is 1. The van der Waals surface area contributed by atoms with Crippen LogP contribution in [0, 0.1) is 5.41 Å². The molecular weight excluding hydrogens is 162 g/mol. The van der Waals surface area contributed by atoms with Crippen molar-refractivity contribution in [2.24, 2.45) is 10.7 Å². The summed E-state index contributed by atoms with van der Waals surface area (Å²) in [5, 5.41) is 6.75. The lowest BCUT2D eigenvalue weighted by Crippen LogP contribution is -2.05. The maximum absolute atomic E-state index is 6.75. The van der Waals surface area contributed by atoms with Crippen LogP contribution >= 0.6 is 12.4 Å². The first-order chi connectivity index (χ1) is 4.77. The molecule has 11 heavy (non-hydrogen) atoms. The Morgan fingerprint density at radius 1 is 1.55 bits per heavy atom. The van der Waals surface area contributed by atoms with Crippen LogP contribution in [0.25, 0.3) is 0 Å². The molecule has 0 rings (SSSR count). The maximum atomic E-state index is 6.75. The van der Waals surface area contributed by atoms with E-state index in [1.807, 2.05) is 0 Å². The molecule has 4 heteroatoms. The minimum absolute atomic E-state index is 0. The smallest absolute Gasteiger partial charge is 0.212 e. The van der Waals surface area contributed by atoms with Crippen LogP contribution in [0.3, 0.4) is 0 Å². The molecule has 0 aromatic rings. The van der Waals surface area contributed by atoms with Crippen molar-refractivity contribution < 1.29 is 0 Å². The third-order valence-corrected chi connectivity index (χ3v) is 1.17. The van der Waals surface area contributed by atoms with Gasteiger partial charge in [0.05, 0.1) is 0 Å². The van der Waals surface area contributed by atoms with Gasteiger partial charge in [-0.05, 0) is 12.8 Å². The second-order valence-electron chi connectivity index (χ2n) is 2.19. The zero-order valence-corrected chi connectivity index (χ0v) is 7.66. The highest BCUT2D eigenvalue weighted by Crippen LogP contribution is 1.95. The van der Waals surface area contributed by atoms with E-state index >= 15 is 0 Å². The van der Waals surface area contributed by atoms with Gasteiger partial charge in [-0.15, -0.1) is 12.4 Å². The second kappa shape index (κ2) is 9.43. The fourth-order valence-corrected chi connectivity index (χ4v) is 0.649. The Labute approximate surface area is 74.0 Å².